The van der Waals surface area contributed by atoms with Crippen molar-refractivity contribution in [1.82, 2.24) is 5.32 Å². The SMILES string of the molecule is O=C(CSCCNC(=O)OCC1c2ccccc2-c2ccccc21)Nc1ccc(C(=O)O)cc1. The molecule has 2 amide bonds. The number of nitrogens with one attached hydrogen (secondary N) is 2. The van der Waals surface area contributed by atoms with Crippen molar-refractivity contribution in [3.8, 4) is 11.1 Å². The first-order chi connectivity index (χ1) is 16.5. The summed E-state index contributed by atoms with van der Waals surface area (Å²) >= 11 is 1.38. The normalized spacial score (nSPS) is 11.9. The van der Waals surface area contributed by atoms with Crippen molar-refractivity contribution >= 4 is 35.4 Å². The largest absolute Gasteiger partial charge is 0.478 e. The number of carboxylic acid groups (broad SMARTS) is 1. The van der Waals surface area contributed by atoms with Gasteiger partial charge in [-0.25, -0.2) is 9.59 Å². The van der Waals surface area contributed by atoms with Gasteiger partial charge in [0.05, 0.1) is 11.3 Å². The zero-order valence-electron chi connectivity index (χ0n) is 18.3. The van der Waals surface area contributed by atoms with Crippen molar-refractivity contribution in [3.05, 3.63) is 89.5 Å². The lowest BCUT2D eigenvalue weighted by Crippen LogP contribution is -2.28. The van der Waals surface area contributed by atoms with Crippen LogP contribution in [0.5, 0.6) is 0 Å². The van der Waals surface area contributed by atoms with Gasteiger partial charge in [-0.2, -0.15) is 11.8 Å². The summed E-state index contributed by atoms with van der Waals surface area (Å²) in [4.78, 5) is 35.1. The predicted octanol–water partition coefficient (Wildman–Crippen LogP) is 4.60. The Kier molecular flexibility index (Phi) is 7.49. The number of carboxylic acids is 1. The van der Waals surface area contributed by atoms with Gasteiger partial charge in [-0.15, -0.1) is 0 Å². The Morgan fingerprint density at radius 3 is 2.12 bits per heavy atom. The van der Waals surface area contributed by atoms with Gasteiger partial charge in [-0.05, 0) is 46.5 Å². The number of rotatable bonds is 9. The van der Waals surface area contributed by atoms with Gasteiger partial charge in [0.25, 0.3) is 0 Å². The van der Waals surface area contributed by atoms with E-state index in [9.17, 15) is 14.4 Å². The minimum absolute atomic E-state index is 0.0146. The quantitative estimate of drug-likeness (QED) is 0.390. The third-order valence-electron chi connectivity index (χ3n) is 5.51. The van der Waals surface area contributed by atoms with E-state index in [1.807, 2.05) is 24.3 Å². The summed E-state index contributed by atoms with van der Waals surface area (Å²) < 4.78 is 5.49. The highest BCUT2D eigenvalue weighted by Crippen LogP contribution is 2.44. The maximum atomic E-state index is 12.2. The highest BCUT2D eigenvalue weighted by atomic mass is 32.2. The maximum Gasteiger partial charge on any atom is 0.407 e. The van der Waals surface area contributed by atoms with Gasteiger partial charge < -0.3 is 20.5 Å². The molecule has 1 aliphatic rings. The molecule has 7 nitrogen and oxygen atoms in total. The number of anilines is 1. The molecule has 0 unspecified atom stereocenters. The third-order valence-corrected chi connectivity index (χ3v) is 6.47. The molecule has 0 saturated heterocycles. The summed E-state index contributed by atoms with van der Waals surface area (Å²) in [6.07, 6.45) is -0.481. The summed E-state index contributed by atoms with van der Waals surface area (Å²) in [6, 6.07) is 22.3. The van der Waals surface area contributed by atoms with E-state index in [0.717, 1.165) is 11.1 Å². The highest BCUT2D eigenvalue weighted by molar-refractivity contribution is 7.99. The minimum Gasteiger partial charge on any atom is -0.478 e. The molecule has 4 rings (SSSR count). The molecule has 0 aliphatic heterocycles. The van der Waals surface area contributed by atoms with Crippen LogP contribution in [0, 0.1) is 0 Å². The van der Waals surface area contributed by atoms with Crippen LogP contribution in [0.4, 0.5) is 10.5 Å². The third kappa shape index (κ3) is 5.58. The molecule has 0 atom stereocenters. The number of thioether (sulfide) groups is 1. The van der Waals surface area contributed by atoms with Crippen LogP contribution in [0.25, 0.3) is 11.1 Å². The van der Waals surface area contributed by atoms with Crippen molar-refractivity contribution in [1.29, 1.82) is 0 Å². The highest BCUT2D eigenvalue weighted by Gasteiger charge is 2.28. The fourth-order valence-corrected chi connectivity index (χ4v) is 4.58. The van der Waals surface area contributed by atoms with Gasteiger partial charge in [0.15, 0.2) is 0 Å². The van der Waals surface area contributed by atoms with Gasteiger partial charge in [-0.3, -0.25) is 4.79 Å². The summed E-state index contributed by atoms with van der Waals surface area (Å²) in [5, 5.41) is 14.3. The molecule has 0 aromatic heterocycles. The molecule has 174 valence electrons. The van der Waals surface area contributed by atoms with Crippen LogP contribution in [-0.4, -0.2) is 47.7 Å². The Morgan fingerprint density at radius 1 is 0.882 bits per heavy atom. The zero-order chi connectivity index (χ0) is 23.9. The van der Waals surface area contributed by atoms with Crippen LogP contribution in [0.3, 0.4) is 0 Å². The monoisotopic (exact) mass is 476 g/mol. The fourth-order valence-electron chi connectivity index (χ4n) is 3.93. The molecule has 0 heterocycles. The Bertz CT molecular complexity index is 1150. The summed E-state index contributed by atoms with van der Waals surface area (Å²) in [6.45, 7) is 0.637. The van der Waals surface area contributed by atoms with Crippen molar-refractivity contribution in [2.24, 2.45) is 0 Å². The number of amides is 2. The molecular formula is C26H24N2O5S. The number of benzene rings is 3. The second-order valence-corrected chi connectivity index (χ2v) is 8.84. The van der Waals surface area contributed by atoms with Gasteiger partial charge in [0.1, 0.15) is 6.61 Å². The summed E-state index contributed by atoms with van der Waals surface area (Å²) in [5.41, 5.74) is 5.38. The molecule has 0 bridgehead atoms. The van der Waals surface area contributed by atoms with Gasteiger partial charge in [0.2, 0.25) is 5.91 Å². The number of fused-ring (bicyclic) bond motifs is 3. The number of aromatic carboxylic acids is 1. The summed E-state index contributed by atoms with van der Waals surface area (Å²) in [7, 11) is 0. The van der Waals surface area contributed by atoms with E-state index in [2.05, 4.69) is 34.9 Å². The van der Waals surface area contributed by atoms with E-state index in [1.165, 1.54) is 35.0 Å². The van der Waals surface area contributed by atoms with Gasteiger partial charge in [-0.1, -0.05) is 48.5 Å². The van der Waals surface area contributed by atoms with Crippen molar-refractivity contribution < 1.29 is 24.2 Å². The van der Waals surface area contributed by atoms with Crippen LogP contribution in [0.2, 0.25) is 0 Å². The molecule has 8 heteroatoms. The van der Waals surface area contributed by atoms with Crippen LogP contribution >= 0.6 is 11.8 Å². The van der Waals surface area contributed by atoms with E-state index in [0.29, 0.717) is 18.0 Å². The Balaban J connectivity index is 1.16. The molecule has 0 saturated carbocycles. The summed E-state index contributed by atoms with van der Waals surface area (Å²) in [5.74, 6) is -0.435. The number of carbonyl (C=O) groups is 3. The van der Waals surface area contributed by atoms with Crippen molar-refractivity contribution in [2.45, 2.75) is 5.92 Å². The number of alkyl carbamates (subject to hydrolysis) is 1. The first-order valence-corrected chi connectivity index (χ1v) is 12.0. The molecule has 3 aromatic carbocycles. The zero-order valence-corrected chi connectivity index (χ0v) is 19.1. The predicted molar refractivity (Wildman–Crippen MR) is 132 cm³/mol. The van der Waals surface area contributed by atoms with E-state index in [4.69, 9.17) is 9.84 Å². The van der Waals surface area contributed by atoms with E-state index in [-0.39, 0.29) is 29.7 Å². The van der Waals surface area contributed by atoms with Crippen molar-refractivity contribution in [3.63, 3.8) is 0 Å². The lowest BCUT2D eigenvalue weighted by Gasteiger charge is -2.14. The van der Waals surface area contributed by atoms with Gasteiger partial charge >= 0.3 is 12.1 Å². The Labute approximate surface area is 201 Å². The molecule has 34 heavy (non-hydrogen) atoms. The second-order valence-electron chi connectivity index (χ2n) is 7.74. The van der Waals surface area contributed by atoms with E-state index < -0.39 is 12.1 Å². The molecule has 0 radical (unpaired) electrons. The smallest absolute Gasteiger partial charge is 0.407 e. The maximum absolute atomic E-state index is 12.2. The first-order valence-electron chi connectivity index (χ1n) is 10.8. The van der Waals surface area contributed by atoms with Crippen LogP contribution in [-0.2, 0) is 9.53 Å². The fraction of sp³-hybridized carbons (Fsp3) is 0.192. The van der Waals surface area contributed by atoms with Gasteiger partial charge in [0, 0.05) is 23.9 Å². The van der Waals surface area contributed by atoms with E-state index >= 15 is 0 Å². The second kappa shape index (κ2) is 10.9. The molecule has 1 aliphatic carbocycles. The molecule has 3 N–H and O–H groups in total. The first kappa shape index (κ1) is 23.4. The lowest BCUT2D eigenvalue weighted by atomic mass is 9.98. The molecule has 0 spiro atoms. The standard InChI is InChI=1S/C26H24N2O5S/c29-24(28-18-11-9-17(10-12-18)25(30)31)16-34-14-13-27-26(32)33-15-23-21-7-3-1-5-19(21)20-6-2-4-8-22(20)23/h1-12,23H,13-16H2,(H,27,32)(H,28,29)(H,30,31). The van der Waals surface area contributed by atoms with Crippen LogP contribution in [0.1, 0.15) is 27.4 Å². The lowest BCUT2D eigenvalue weighted by molar-refractivity contribution is -0.113. The van der Waals surface area contributed by atoms with Crippen LogP contribution in [0.15, 0.2) is 72.8 Å². The molecule has 0 fully saturated rings. The minimum atomic E-state index is -1.02. The van der Waals surface area contributed by atoms with Crippen LogP contribution < -0.4 is 10.6 Å². The van der Waals surface area contributed by atoms with Crippen molar-refractivity contribution in [2.75, 3.05) is 30.0 Å². The average Bonchev–Trinajstić information content (AvgIpc) is 3.16. The number of hydrogen-bond acceptors (Lipinski definition) is 5. The molecule has 3 aromatic rings. The Hall–Kier alpha value is -3.78. The number of hydrogen-bond donors (Lipinski definition) is 3. The number of ether oxygens (including phenoxy) is 1. The molecular weight excluding hydrogens is 452 g/mol. The van der Waals surface area contributed by atoms with E-state index in [1.54, 1.807) is 12.1 Å². The Morgan fingerprint density at radius 2 is 1.50 bits per heavy atom. The number of carbonyl (C=O) groups excluding carboxylic acids is 2. The average molecular weight is 477 g/mol. The topological polar surface area (TPSA) is 105 Å².